The fourth-order valence-corrected chi connectivity index (χ4v) is 7.22. The Bertz CT molecular complexity index is 2460. The van der Waals surface area contributed by atoms with Gasteiger partial charge in [-0.2, -0.15) is 5.10 Å². The fourth-order valence-electron chi connectivity index (χ4n) is 5.09. The van der Waals surface area contributed by atoms with Crippen molar-refractivity contribution in [3.63, 3.8) is 0 Å². The van der Waals surface area contributed by atoms with Crippen LogP contribution in [0.2, 0.25) is 5.15 Å². The van der Waals surface area contributed by atoms with Crippen LogP contribution in [-0.4, -0.2) is 39.2 Å². The molecule has 0 radical (unpaired) electrons. The molecule has 9 nitrogen and oxygen atoms in total. The maximum absolute atomic E-state index is 5.95. The second-order valence-corrected chi connectivity index (χ2v) is 13.1. The van der Waals surface area contributed by atoms with Gasteiger partial charge >= 0.3 is 0 Å². The highest BCUT2D eigenvalue weighted by atomic mass is 35.5. The van der Waals surface area contributed by atoms with Crippen LogP contribution < -0.4 is 5.32 Å². The smallest absolute Gasteiger partial charge is 0.154 e. The third-order valence-corrected chi connectivity index (χ3v) is 9.93. The zero-order chi connectivity index (χ0) is 31.2. The van der Waals surface area contributed by atoms with Crippen molar-refractivity contribution in [3.8, 4) is 21.1 Å². The zero-order valence-corrected chi connectivity index (χ0v) is 27.0. The number of halogens is 1. The predicted octanol–water partition coefficient (Wildman–Crippen LogP) is 9.03. The largest absolute Gasteiger partial charge is 0.339 e. The lowest BCUT2D eigenvalue weighted by molar-refractivity contribution is 0.945. The number of hydrogen-bond donors (Lipinski definition) is 1. The minimum atomic E-state index is 0.450. The van der Waals surface area contributed by atoms with Crippen LogP contribution in [0.4, 0.5) is 11.5 Å². The monoisotopic (exact) mass is 657 g/mol. The van der Waals surface area contributed by atoms with Crippen molar-refractivity contribution in [3.05, 3.63) is 120 Å². The molecule has 9 aromatic rings. The second-order valence-electron chi connectivity index (χ2n) is 10.6. The average molecular weight is 658 g/mol. The van der Waals surface area contributed by atoms with Gasteiger partial charge in [-0.3, -0.25) is 0 Å². The number of thiophene rings is 2. The quantitative estimate of drug-likeness (QED) is 0.202. The zero-order valence-electron chi connectivity index (χ0n) is 24.6. The Kier molecular flexibility index (Phi) is 7.13. The number of rotatable bonds is 4. The van der Waals surface area contributed by atoms with E-state index in [4.69, 9.17) is 16.7 Å². The van der Waals surface area contributed by atoms with Gasteiger partial charge in [0.25, 0.3) is 0 Å². The molecule has 8 heterocycles. The van der Waals surface area contributed by atoms with Crippen LogP contribution >= 0.6 is 34.3 Å². The SMILES string of the molecule is Cc1ccc(Nc2ccc3ncc(-c4cc5cccnc5s4)n3n2)cc1C.Clc1ccc2ncc(-c3cc4cccnc4s3)n2n1. The molecule has 0 aliphatic carbocycles. The molecule has 0 saturated carbocycles. The molecule has 0 atom stereocenters. The molecule has 0 spiro atoms. The first-order valence-electron chi connectivity index (χ1n) is 14.4. The molecule has 0 fully saturated rings. The van der Waals surface area contributed by atoms with Gasteiger partial charge in [0.15, 0.2) is 17.1 Å². The van der Waals surface area contributed by atoms with Gasteiger partial charge in [-0.25, -0.2) is 29.0 Å². The number of pyridine rings is 2. The summed E-state index contributed by atoms with van der Waals surface area (Å²) >= 11 is 9.22. The fraction of sp³-hybridized carbons (Fsp3) is 0.0588. The standard InChI is InChI=1S/C21H17N5S.C13H7ClN4S/c1-13-5-6-16(10-14(13)2)24-19-7-8-20-23-12-17(26(20)25-19)18-11-15-4-3-9-22-21(15)27-18;14-11-3-4-12-16-7-9(18(12)17-11)10-6-8-2-1-5-15-13(8)19-10/h3-12H,1-2H3,(H,24,25);1-7H. The molecule has 224 valence electrons. The predicted molar refractivity (Wildman–Crippen MR) is 187 cm³/mol. The number of hydrogen-bond acceptors (Lipinski definition) is 9. The van der Waals surface area contributed by atoms with Crippen LogP contribution in [-0.2, 0) is 0 Å². The number of benzene rings is 1. The summed E-state index contributed by atoms with van der Waals surface area (Å²) in [5.41, 5.74) is 7.06. The molecule has 0 saturated heterocycles. The summed E-state index contributed by atoms with van der Waals surface area (Å²) in [7, 11) is 0. The molecule has 0 aliphatic rings. The van der Waals surface area contributed by atoms with E-state index in [1.807, 2.05) is 59.5 Å². The highest BCUT2D eigenvalue weighted by Crippen LogP contribution is 2.34. The molecule has 12 heteroatoms. The molecular weight excluding hydrogens is 634 g/mol. The highest BCUT2D eigenvalue weighted by Gasteiger charge is 2.13. The molecule has 1 aromatic carbocycles. The Morgan fingerprint density at radius 1 is 0.630 bits per heavy atom. The maximum atomic E-state index is 5.95. The van der Waals surface area contributed by atoms with E-state index >= 15 is 0 Å². The lowest BCUT2D eigenvalue weighted by Crippen LogP contribution is -2.00. The first-order valence-corrected chi connectivity index (χ1v) is 16.4. The van der Waals surface area contributed by atoms with Crippen LogP contribution in [0.1, 0.15) is 11.1 Å². The Balaban J connectivity index is 0.000000144. The average Bonchev–Trinajstić information content (AvgIpc) is 3.86. The summed E-state index contributed by atoms with van der Waals surface area (Å²) in [4.78, 5) is 21.8. The van der Waals surface area contributed by atoms with Crippen LogP contribution in [0.5, 0.6) is 0 Å². The minimum Gasteiger partial charge on any atom is -0.339 e. The Labute approximate surface area is 275 Å². The van der Waals surface area contributed by atoms with E-state index in [1.165, 1.54) is 11.1 Å². The number of aryl methyl sites for hydroxylation is 2. The van der Waals surface area contributed by atoms with Crippen molar-refractivity contribution in [2.75, 3.05) is 5.32 Å². The van der Waals surface area contributed by atoms with Gasteiger partial charge in [0.05, 0.1) is 22.1 Å². The molecule has 9 rings (SSSR count). The highest BCUT2D eigenvalue weighted by molar-refractivity contribution is 7.22. The molecular formula is C34H24ClN9S2. The molecule has 46 heavy (non-hydrogen) atoms. The minimum absolute atomic E-state index is 0.450. The van der Waals surface area contributed by atoms with E-state index in [1.54, 1.807) is 39.5 Å². The van der Waals surface area contributed by atoms with Gasteiger partial charge in [0, 0.05) is 28.9 Å². The van der Waals surface area contributed by atoms with Gasteiger partial charge in [-0.05, 0) is 85.6 Å². The van der Waals surface area contributed by atoms with E-state index in [2.05, 4.69) is 80.6 Å². The molecule has 8 aromatic heterocycles. The van der Waals surface area contributed by atoms with Crippen molar-refractivity contribution in [1.82, 2.24) is 39.2 Å². The van der Waals surface area contributed by atoms with Gasteiger partial charge in [-0.15, -0.1) is 27.8 Å². The number of imidazole rings is 2. The summed E-state index contributed by atoms with van der Waals surface area (Å²) in [5.74, 6) is 0.782. The molecule has 0 unspecified atom stereocenters. The summed E-state index contributed by atoms with van der Waals surface area (Å²) < 4.78 is 3.64. The summed E-state index contributed by atoms with van der Waals surface area (Å²) in [6.45, 7) is 4.22. The van der Waals surface area contributed by atoms with Crippen LogP contribution in [0, 0.1) is 13.8 Å². The summed E-state index contributed by atoms with van der Waals surface area (Å²) in [6.07, 6.45) is 7.30. The maximum Gasteiger partial charge on any atom is 0.154 e. The summed E-state index contributed by atoms with van der Waals surface area (Å²) in [5, 5.41) is 15.1. The number of aromatic nitrogens is 8. The van der Waals surface area contributed by atoms with Gasteiger partial charge in [0.2, 0.25) is 0 Å². The first-order chi connectivity index (χ1) is 22.5. The normalized spacial score (nSPS) is 11.4. The summed E-state index contributed by atoms with van der Waals surface area (Å²) in [6, 6.07) is 26.1. The van der Waals surface area contributed by atoms with E-state index in [-0.39, 0.29) is 0 Å². The number of nitrogens with one attached hydrogen (secondary N) is 1. The number of fused-ring (bicyclic) bond motifs is 4. The molecule has 0 aliphatic heterocycles. The Morgan fingerprint density at radius 2 is 1.24 bits per heavy atom. The van der Waals surface area contributed by atoms with Crippen molar-refractivity contribution >= 4 is 77.5 Å². The second kappa shape index (κ2) is 11.6. The van der Waals surface area contributed by atoms with E-state index in [0.29, 0.717) is 5.15 Å². The number of nitrogens with zero attached hydrogens (tertiary/aromatic N) is 8. The van der Waals surface area contributed by atoms with Crippen LogP contribution in [0.15, 0.2) is 104 Å². The van der Waals surface area contributed by atoms with Crippen molar-refractivity contribution in [2.24, 2.45) is 0 Å². The topological polar surface area (TPSA) is 98.2 Å². The molecule has 1 N–H and O–H groups in total. The number of anilines is 2. The van der Waals surface area contributed by atoms with Crippen LogP contribution in [0.25, 0.3) is 52.9 Å². The van der Waals surface area contributed by atoms with E-state index in [0.717, 1.165) is 64.4 Å². The van der Waals surface area contributed by atoms with Crippen LogP contribution in [0.3, 0.4) is 0 Å². The Hall–Kier alpha value is -5.23. The molecule has 0 bridgehead atoms. The third kappa shape index (κ3) is 5.34. The van der Waals surface area contributed by atoms with Crippen molar-refractivity contribution in [2.45, 2.75) is 13.8 Å². The van der Waals surface area contributed by atoms with Crippen molar-refractivity contribution < 1.29 is 0 Å². The van der Waals surface area contributed by atoms with Crippen molar-refractivity contribution in [1.29, 1.82) is 0 Å². The van der Waals surface area contributed by atoms with Gasteiger partial charge < -0.3 is 5.32 Å². The lowest BCUT2D eigenvalue weighted by Gasteiger charge is -2.08. The lowest BCUT2D eigenvalue weighted by atomic mass is 10.1. The Morgan fingerprint density at radius 3 is 1.85 bits per heavy atom. The molecule has 0 amide bonds. The first kappa shape index (κ1) is 28.3. The third-order valence-electron chi connectivity index (χ3n) is 7.56. The van der Waals surface area contributed by atoms with E-state index in [9.17, 15) is 0 Å². The van der Waals surface area contributed by atoms with E-state index < -0.39 is 0 Å². The van der Waals surface area contributed by atoms with Gasteiger partial charge in [-0.1, -0.05) is 29.8 Å². The van der Waals surface area contributed by atoms with Gasteiger partial charge in [0.1, 0.15) is 26.2 Å².